The number of carbonyl (C=O) groups excluding carboxylic acids is 3. The normalized spacial score (nSPS) is 30.4. The van der Waals surface area contributed by atoms with E-state index in [9.17, 15) is 24.0 Å². The van der Waals surface area contributed by atoms with Crippen molar-refractivity contribution in [2.24, 2.45) is 28.6 Å². The molecule has 4 aliphatic carbocycles. The predicted molar refractivity (Wildman–Crippen MR) is 231 cm³/mol. The standard InChI is InChI=1S/C24H32O4.C21H26ClNO.C4H4O4/c1-14-12-18-19(22(4)9-6-17(27)13-21(14)22)7-10-23(5)20(18)8-11-24(23,15(2)25)28-16(3)26;1-21(17-7-4-3-5-8-17,18-10-12-19(22)13-11-18)24-16-14-20-9-6-15-23(20)2;5-3(6)1-2-4(7)8/h12-13,18-20H,6-11H2,1-5H3;3-5,7-8,10-13,20H,6,9,14-16H2,1-2H3;1-2H,(H,5,6)(H,7,8). The van der Waals surface area contributed by atoms with E-state index < -0.39 is 23.1 Å². The Morgan fingerprint density at radius 3 is 2.08 bits per heavy atom. The number of carboxylic acids is 2. The van der Waals surface area contributed by atoms with E-state index in [2.05, 4.69) is 82.1 Å². The zero-order valence-corrected chi connectivity index (χ0v) is 36.9. The van der Waals surface area contributed by atoms with Crippen molar-refractivity contribution in [3.05, 3.63) is 106 Å². The fourth-order valence-electron chi connectivity index (χ4n) is 11.2. The van der Waals surface area contributed by atoms with Crippen molar-refractivity contribution >= 4 is 41.1 Å². The molecule has 3 fully saturated rings. The summed E-state index contributed by atoms with van der Waals surface area (Å²) in [4.78, 5) is 58.3. The number of allylic oxidation sites excluding steroid dienone is 4. The van der Waals surface area contributed by atoms with Gasteiger partial charge in [0.1, 0.15) is 5.60 Å². The lowest BCUT2D eigenvalue weighted by Gasteiger charge is -2.58. The van der Waals surface area contributed by atoms with E-state index in [1.807, 2.05) is 24.3 Å². The van der Waals surface area contributed by atoms with Gasteiger partial charge in [-0.25, -0.2) is 9.59 Å². The number of esters is 1. The van der Waals surface area contributed by atoms with Gasteiger partial charge >= 0.3 is 17.9 Å². The molecule has 0 bridgehead atoms. The van der Waals surface area contributed by atoms with Crippen molar-refractivity contribution in [2.75, 3.05) is 20.2 Å². The van der Waals surface area contributed by atoms with Crippen LogP contribution in [0.15, 0.2) is 90.0 Å². The van der Waals surface area contributed by atoms with Gasteiger partial charge < -0.3 is 24.6 Å². The molecule has 0 radical (unpaired) electrons. The smallest absolute Gasteiger partial charge is 0.328 e. The molecular formula is C49H62ClNO9. The Balaban J connectivity index is 0.000000195. The van der Waals surface area contributed by atoms with Crippen LogP contribution in [0.5, 0.6) is 0 Å². The number of likely N-dealkylation sites (tertiary alicyclic amines) is 1. The minimum atomic E-state index is -1.26. The van der Waals surface area contributed by atoms with Gasteiger partial charge in [0, 0.05) is 48.6 Å². The minimum Gasteiger partial charge on any atom is -0.478 e. The summed E-state index contributed by atoms with van der Waals surface area (Å²) < 4.78 is 12.3. The van der Waals surface area contributed by atoms with E-state index in [1.54, 1.807) is 6.92 Å². The van der Waals surface area contributed by atoms with Crippen molar-refractivity contribution < 1.29 is 43.7 Å². The van der Waals surface area contributed by atoms with Crippen molar-refractivity contribution in [3.63, 3.8) is 0 Å². The summed E-state index contributed by atoms with van der Waals surface area (Å²) in [7, 11) is 2.22. The molecule has 10 nitrogen and oxygen atoms in total. The van der Waals surface area contributed by atoms with E-state index in [4.69, 9.17) is 31.3 Å². The number of benzene rings is 2. The third-order valence-electron chi connectivity index (χ3n) is 14.4. The largest absolute Gasteiger partial charge is 0.478 e. The molecule has 1 saturated heterocycles. The Hall–Kier alpha value is -4.38. The fourth-order valence-corrected chi connectivity index (χ4v) is 11.3. The number of nitrogens with zero attached hydrogens (tertiary/aromatic N) is 1. The lowest BCUT2D eigenvalue weighted by molar-refractivity contribution is -0.185. The molecule has 11 heteroatoms. The van der Waals surface area contributed by atoms with Crippen LogP contribution in [-0.4, -0.2) is 76.4 Å². The Morgan fingerprint density at radius 1 is 0.900 bits per heavy atom. The average Bonchev–Trinajstić information content (AvgIpc) is 3.75. The molecule has 0 spiro atoms. The molecule has 1 aliphatic heterocycles. The summed E-state index contributed by atoms with van der Waals surface area (Å²) in [5.74, 6) is -1.49. The maximum atomic E-state index is 12.8. The fraction of sp³-hybridized carbons (Fsp3) is 0.531. The Labute approximate surface area is 360 Å². The summed E-state index contributed by atoms with van der Waals surface area (Å²) in [5, 5.41) is 16.4. The molecule has 0 aromatic heterocycles. The summed E-state index contributed by atoms with van der Waals surface area (Å²) in [6.07, 6.45) is 14.0. The Kier molecular flexibility index (Phi) is 14.9. The van der Waals surface area contributed by atoms with Crippen molar-refractivity contribution in [2.45, 2.75) is 117 Å². The van der Waals surface area contributed by atoms with Crippen LogP contribution in [0, 0.1) is 28.6 Å². The van der Waals surface area contributed by atoms with Crippen LogP contribution in [0.2, 0.25) is 5.02 Å². The maximum absolute atomic E-state index is 12.8. The zero-order chi connectivity index (χ0) is 44.0. The lowest BCUT2D eigenvalue weighted by Crippen LogP contribution is -2.58. The number of ketones is 2. The highest BCUT2D eigenvalue weighted by Crippen LogP contribution is 2.67. The number of hydrogen-bond acceptors (Lipinski definition) is 8. The van der Waals surface area contributed by atoms with Crippen LogP contribution in [-0.2, 0) is 39.0 Å². The number of fused-ring (bicyclic) bond motifs is 5. The van der Waals surface area contributed by atoms with Gasteiger partial charge in [-0.1, -0.05) is 79.6 Å². The summed E-state index contributed by atoms with van der Waals surface area (Å²) in [6, 6.07) is 19.1. The van der Waals surface area contributed by atoms with Gasteiger partial charge in [0.2, 0.25) is 0 Å². The maximum Gasteiger partial charge on any atom is 0.328 e. The van der Waals surface area contributed by atoms with Gasteiger partial charge in [0.25, 0.3) is 0 Å². The van der Waals surface area contributed by atoms with Crippen molar-refractivity contribution in [1.82, 2.24) is 4.90 Å². The van der Waals surface area contributed by atoms with E-state index in [0.29, 0.717) is 48.8 Å². The van der Waals surface area contributed by atoms with Gasteiger partial charge in [-0.05, 0) is 144 Å². The van der Waals surface area contributed by atoms with Gasteiger partial charge in [0.15, 0.2) is 17.2 Å². The van der Waals surface area contributed by atoms with Gasteiger partial charge in [0.05, 0.1) is 0 Å². The second-order valence-corrected chi connectivity index (χ2v) is 18.3. The van der Waals surface area contributed by atoms with Crippen LogP contribution in [0.3, 0.4) is 0 Å². The quantitative estimate of drug-likeness (QED) is 0.175. The molecular weight excluding hydrogens is 782 g/mol. The molecule has 1 heterocycles. The number of ether oxygens (including phenoxy) is 2. The zero-order valence-electron chi connectivity index (χ0n) is 36.2. The molecule has 2 N–H and O–H groups in total. The first-order chi connectivity index (χ1) is 28.3. The monoisotopic (exact) mass is 843 g/mol. The van der Waals surface area contributed by atoms with Gasteiger partial charge in [-0.15, -0.1) is 0 Å². The molecule has 0 amide bonds. The number of rotatable bonds is 10. The van der Waals surface area contributed by atoms with E-state index in [-0.39, 0.29) is 28.4 Å². The SMILES string of the molecule is CC(=O)OC1(C(C)=O)CCC2C3C=C(C)C4=CC(=O)CCC4(C)C3CCC21C.CN1CCCC1CCOC(C)(c1ccccc1)c1ccc(Cl)cc1.O=C(O)C=CC(=O)O. The molecule has 60 heavy (non-hydrogen) atoms. The molecule has 2 aromatic carbocycles. The molecule has 2 aromatic rings. The highest BCUT2D eigenvalue weighted by molar-refractivity contribution is 6.30. The first-order valence-electron chi connectivity index (χ1n) is 21.2. The minimum absolute atomic E-state index is 0.0160. The average molecular weight is 844 g/mol. The van der Waals surface area contributed by atoms with Crippen molar-refractivity contribution in [1.29, 1.82) is 0 Å². The number of carboxylic acid groups (broad SMARTS) is 2. The van der Waals surface area contributed by atoms with Crippen LogP contribution >= 0.6 is 11.6 Å². The molecule has 2 saturated carbocycles. The molecule has 5 aliphatic rings. The summed E-state index contributed by atoms with van der Waals surface area (Å²) >= 11 is 6.07. The lowest BCUT2D eigenvalue weighted by atomic mass is 9.47. The number of halogens is 1. The van der Waals surface area contributed by atoms with Gasteiger partial charge in [-0.2, -0.15) is 0 Å². The third-order valence-corrected chi connectivity index (χ3v) is 14.7. The predicted octanol–water partition coefficient (Wildman–Crippen LogP) is 9.39. The van der Waals surface area contributed by atoms with Crippen molar-refractivity contribution in [3.8, 4) is 0 Å². The Bertz CT molecular complexity index is 1990. The van der Waals surface area contributed by atoms with Crippen LogP contribution in [0.4, 0.5) is 0 Å². The topological polar surface area (TPSA) is 148 Å². The first-order valence-corrected chi connectivity index (χ1v) is 21.6. The number of hydrogen-bond donors (Lipinski definition) is 2. The molecule has 8 atom stereocenters. The number of carbonyl (C=O) groups is 5. The van der Waals surface area contributed by atoms with E-state index in [1.165, 1.54) is 43.0 Å². The number of Topliss-reactive ketones (excluding diaryl/α,β-unsaturated/α-hetero) is 1. The number of aliphatic carboxylic acids is 2. The van der Waals surface area contributed by atoms with E-state index in [0.717, 1.165) is 49.3 Å². The second kappa shape index (κ2) is 19.1. The second-order valence-electron chi connectivity index (χ2n) is 17.9. The first kappa shape index (κ1) is 46.7. The highest BCUT2D eigenvalue weighted by Gasteiger charge is 2.67. The summed E-state index contributed by atoms with van der Waals surface area (Å²) in [6.45, 7) is 13.7. The highest BCUT2D eigenvalue weighted by atomic mass is 35.5. The summed E-state index contributed by atoms with van der Waals surface area (Å²) in [5.41, 5.74) is 3.01. The molecule has 8 unspecified atom stereocenters. The van der Waals surface area contributed by atoms with E-state index >= 15 is 0 Å². The molecule has 324 valence electrons. The Morgan fingerprint density at radius 2 is 1.52 bits per heavy atom. The van der Waals surface area contributed by atoms with Gasteiger partial charge in [-0.3, -0.25) is 14.4 Å². The third kappa shape index (κ3) is 9.72. The molecule has 7 rings (SSSR count). The van der Waals surface area contributed by atoms with Crippen LogP contribution in [0.25, 0.3) is 0 Å². The van der Waals surface area contributed by atoms with Crippen LogP contribution in [0.1, 0.15) is 110 Å². The van der Waals surface area contributed by atoms with Crippen LogP contribution < -0.4 is 0 Å².